The number of esters is 1. The first-order chi connectivity index (χ1) is 15.1. The molecule has 1 aromatic carbocycles. The Balaban J connectivity index is 2.69. The third-order valence-electron chi connectivity index (χ3n) is 3.97. The monoisotopic (exact) mass is 499 g/mol. The average Bonchev–Trinajstić information content (AvgIpc) is 3.04. The fourth-order valence-electron chi connectivity index (χ4n) is 2.75. The molecule has 0 fully saturated rings. The average molecular weight is 500 g/mol. The van der Waals surface area contributed by atoms with Crippen molar-refractivity contribution in [1.29, 1.82) is 0 Å². The van der Waals surface area contributed by atoms with Crippen LogP contribution in [0.2, 0.25) is 5.02 Å². The van der Waals surface area contributed by atoms with Gasteiger partial charge in [-0.05, 0) is 76.2 Å². The van der Waals surface area contributed by atoms with Gasteiger partial charge in [-0.3, -0.25) is 0 Å². The van der Waals surface area contributed by atoms with Crippen molar-refractivity contribution in [1.82, 2.24) is 0 Å². The summed E-state index contributed by atoms with van der Waals surface area (Å²) >= 11 is 7.19. The first-order valence-corrected chi connectivity index (χ1v) is 11.3. The van der Waals surface area contributed by atoms with Crippen molar-refractivity contribution in [3.63, 3.8) is 0 Å². The van der Waals surface area contributed by atoms with Gasteiger partial charge in [0.15, 0.2) is 0 Å². The van der Waals surface area contributed by atoms with Gasteiger partial charge in [0.2, 0.25) is 0 Å². The largest absolute Gasteiger partial charge is 0.465 e. The van der Waals surface area contributed by atoms with E-state index in [0.29, 0.717) is 16.0 Å². The van der Waals surface area contributed by atoms with Crippen molar-refractivity contribution in [2.45, 2.75) is 59.2 Å². The molecule has 0 N–H and O–H groups in total. The van der Waals surface area contributed by atoms with Crippen molar-refractivity contribution >= 4 is 46.8 Å². The Labute approximate surface area is 201 Å². The number of benzene rings is 1. The zero-order valence-corrected chi connectivity index (χ0v) is 21.1. The van der Waals surface area contributed by atoms with Crippen LogP contribution in [0.1, 0.15) is 62.3 Å². The second-order valence-corrected chi connectivity index (χ2v) is 10.4. The Morgan fingerprint density at radius 2 is 1.55 bits per heavy atom. The van der Waals surface area contributed by atoms with Gasteiger partial charge in [0.05, 0.1) is 12.8 Å². The molecular weight excluding hydrogens is 473 g/mol. The van der Waals surface area contributed by atoms with Crippen molar-refractivity contribution in [2.24, 2.45) is 0 Å². The number of ether oxygens (including phenoxy) is 3. The fraction of sp³-hybridized carbons (Fsp3) is 0.435. The summed E-state index contributed by atoms with van der Waals surface area (Å²) in [5, 5.41) is 1.86. The smallest absolute Gasteiger partial charge is 0.424 e. The predicted molar refractivity (Wildman–Crippen MR) is 125 cm³/mol. The van der Waals surface area contributed by atoms with Gasteiger partial charge in [0, 0.05) is 11.4 Å². The van der Waals surface area contributed by atoms with Crippen LogP contribution >= 0.6 is 22.9 Å². The second-order valence-electron chi connectivity index (χ2n) is 9.14. The van der Waals surface area contributed by atoms with Crippen LogP contribution in [0.15, 0.2) is 23.6 Å². The lowest BCUT2D eigenvalue weighted by Crippen LogP contribution is -2.44. The summed E-state index contributed by atoms with van der Waals surface area (Å²) in [6.07, 6.45) is -2.04. The normalized spacial score (nSPS) is 11.7. The van der Waals surface area contributed by atoms with E-state index in [-0.39, 0.29) is 22.0 Å². The third kappa shape index (κ3) is 7.17. The molecule has 0 bridgehead atoms. The highest BCUT2D eigenvalue weighted by molar-refractivity contribution is 7.12. The van der Waals surface area contributed by atoms with Gasteiger partial charge in [-0.1, -0.05) is 11.6 Å². The molecule has 10 heteroatoms. The molecule has 0 unspecified atom stereocenters. The van der Waals surface area contributed by atoms with Crippen LogP contribution in [0.25, 0.3) is 0 Å². The number of rotatable bonds is 4. The van der Waals surface area contributed by atoms with Crippen LogP contribution in [-0.4, -0.2) is 36.5 Å². The molecule has 0 spiro atoms. The van der Waals surface area contributed by atoms with Crippen LogP contribution in [0.3, 0.4) is 0 Å². The first kappa shape index (κ1) is 26.6. The van der Waals surface area contributed by atoms with E-state index >= 15 is 0 Å². The van der Waals surface area contributed by atoms with Gasteiger partial charge in [-0.2, -0.15) is 4.90 Å². The minimum atomic E-state index is -1.04. The Bertz CT molecular complexity index is 1030. The summed E-state index contributed by atoms with van der Waals surface area (Å²) in [6.45, 7) is 9.84. The van der Waals surface area contributed by atoms with Crippen molar-refractivity contribution in [3.05, 3.63) is 50.4 Å². The number of nitrogens with zero attached hydrogens (tertiary/aromatic N) is 1. The number of methoxy groups -OCH3 is 1. The Morgan fingerprint density at radius 3 is 2.03 bits per heavy atom. The van der Waals surface area contributed by atoms with Crippen LogP contribution in [0, 0.1) is 5.82 Å². The van der Waals surface area contributed by atoms with Crippen LogP contribution in [0.4, 0.5) is 19.7 Å². The summed E-state index contributed by atoms with van der Waals surface area (Å²) in [4.78, 5) is 39.4. The lowest BCUT2D eigenvalue weighted by molar-refractivity contribution is 0.0430. The highest BCUT2D eigenvalue weighted by atomic mass is 35.5. The molecule has 2 aromatic rings. The van der Waals surface area contributed by atoms with Crippen LogP contribution in [0.5, 0.6) is 0 Å². The van der Waals surface area contributed by atoms with Crippen molar-refractivity contribution < 1.29 is 33.0 Å². The van der Waals surface area contributed by atoms with E-state index in [2.05, 4.69) is 0 Å². The van der Waals surface area contributed by atoms with Crippen LogP contribution < -0.4 is 4.90 Å². The molecule has 180 valence electrons. The zero-order chi connectivity index (χ0) is 25.1. The van der Waals surface area contributed by atoms with Gasteiger partial charge in [0.1, 0.15) is 21.9 Å². The fourth-order valence-corrected chi connectivity index (χ4v) is 3.90. The summed E-state index contributed by atoms with van der Waals surface area (Å²) in [6, 6.07) is 3.86. The number of thiophene rings is 1. The number of carbonyl (C=O) groups is 3. The lowest BCUT2D eigenvalue weighted by atomic mass is 10.0. The van der Waals surface area contributed by atoms with Gasteiger partial charge in [0.25, 0.3) is 0 Å². The quantitative estimate of drug-likeness (QED) is 0.348. The van der Waals surface area contributed by atoms with Crippen molar-refractivity contribution in [2.75, 3.05) is 12.0 Å². The molecule has 1 aromatic heterocycles. The number of amides is 2. The molecule has 0 radical (unpaired) electrons. The van der Waals surface area contributed by atoms with Gasteiger partial charge in [-0.25, -0.2) is 18.8 Å². The number of hydrogen-bond donors (Lipinski definition) is 0. The third-order valence-corrected chi connectivity index (χ3v) is 5.34. The predicted octanol–water partition coefficient (Wildman–Crippen LogP) is 6.59. The molecule has 7 nitrogen and oxygen atoms in total. The standard InChI is InChI=1S/C23H27ClFNO6S/c1-22(2,3)31-20(28)26(21(29)32-23(4,5)6)17-14(12-33-18(17)19(27)30-7)10-13-11-15(25)8-9-16(13)24/h8-9,11-12H,10H2,1-7H3. The first-order valence-electron chi connectivity index (χ1n) is 10.0. The minimum absolute atomic E-state index is 0.0169. The summed E-state index contributed by atoms with van der Waals surface area (Å²) in [7, 11) is 1.18. The second kappa shape index (κ2) is 10.1. The van der Waals surface area contributed by atoms with Crippen LogP contribution in [-0.2, 0) is 20.6 Å². The maximum atomic E-state index is 13.8. The van der Waals surface area contributed by atoms with Gasteiger partial charge in [-0.15, -0.1) is 11.3 Å². The van der Waals surface area contributed by atoms with Gasteiger partial charge < -0.3 is 14.2 Å². The minimum Gasteiger partial charge on any atom is -0.465 e. The zero-order valence-electron chi connectivity index (χ0n) is 19.6. The molecule has 0 saturated carbocycles. The Morgan fingerprint density at radius 1 is 1.00 bits per heavy atom. The highest BCUT2D eigenvalue weighted by Gasteiger charge is 2.38. The van der Waals surface area contributed by atoms with E-state index < -0.39 is 35.2 Å². The number of hydrogen-bond acceptors (Lipinski definition) is 7. The topological polar surface area (TPSA) is 82.1 Å². The molecule has 1 heterocycles. The molecule has 0 aliphatic heterocycles. The SMILES string of the molecule is COC(=O)c1scc(Cc2cc(F)ccc2Cl)c1N(C(=O)OC(C)(C)C)C(=O)OC(C)(C)C. The van der Waals surface area contributed by atoms with E-state index in [1.54, 1.807) is 46.9 Å². The molecule has 2 rings (SSSR count). The summed E-state index contributed by atoms with van der Waals surface area (Å²) in [5.41, 5.74) is -1.17. The van der Waals surface area contributed by atoms with E-state index in [1.807, 2.05) is 0 Å². The van der Waals surface area contributed by atoms with Crippen molar-refractivity contribution in [3.8, 4) is 0 Å². The Kier molecular flexibility index (Phi) is 8.13. The Hall–Kier alpha value is -2.65. The molecule has 2 amide bonds. The van der Waals surface area contributed by atoms with E-state index in [1.165, 1.54) is 25.3 Å². The summed E-state index contributed by atoms with van der Waals surface area (Å²) in [5.74, 6) is -1.26. The van der Waals surface area contributed by atoms with E-state index in [4.69, 9.17) is 25.8 Å². The molecule has 0 aliphatic rings. The molecule has 0 saturated heterocycles. The van der Waals surface area contributed by atoms with E-state index in [9.17, 15) is 18.8 Å². The number of imide groups is 1. The lowest BCUT2D eigenvalue weighted by Gasteiger charge is -2.29. The molecule has 0 aliphatic carbocycles. The number of anilines is 1. The summed E-state index contributed by atoms with van der Waals surface area (Å²) < 4.78 is 29.5. The molecule has 33 heavy (non-hydrogen) atoms. The molecule has 0 atom stereocenters. The number of carbonyl (C=O) groups excluding carboxylic acids is 3. The maximum Gasteiger partial charge on any atom is 0.424 e. The maximum absolute atomic E-state index is 13.8. The number of halogens is 2. The van der Waals surface area contributed by atoms with Gasteiger partial charge >= 0.3 is 18.2 Å². The molecular formula is C23H27ClFNO6S. The highest BCUT2D eigenvalue weighted by Crippen LogP contribution is 2.37. The van der Waals surface area contributed by atoms with E-state index in [0.717, 1.165) is 11.3 Å².